The van der Waals surface area contributed by atoms with Crippen LogP contribution in [0.4, 0.5) is 5.69 Å². The van der Waals surface area contributed by atoms with E-state index in [1.54, 1.807) is 0 Å². The van der Waals surface area contributed by atoms with Crippen molar-refractivity contribution in [1.82, 2.24) is 4.98 Å². The smallest absolute Gasteiger partial charge is 0.0935 e. The zero-order chi connectivity index (χ0) is 11.7. The van der Waals surface area contributed by atoms with E-state index in [1.165, 1.54) is 23.9 Å². The number of hydrogen-bond acceptors (Lipinski definition) is 2. The van der Waals surface area contributed by atoms with Crippen LogP contribution in [0.2, 0.25) is 0 Å². The van der Waals surface area contributed by atoms with Crippen molar-refractivity contribution in [3.05, 3.63) is 36.5 Å². The number of hydrogen-bond donors (Lipinski definition) is 0. The summed E-state index contributed by atoms with van der Waals surface area (Å²) >= 11 is 0. The molecule has 0 aliphatic carbocycles. The highest BCUT2D eigenvalue weighted by Gasteiger charge is 2.17. The molecule has 2 nitrogen and oxygen atoms in total. The summed E-state index contributed by atoms with van der Waals surface area (Å²) in [7, 11) is 0. The van der Waals surface area contributed by atoms with Crippen LogP contribution in [0.15, 0.2) is 36.5 Å². The standard InChI is InChI=1S/C15H18N2/c1-12-7-10-17(11-8-12)14-6-2-4-13-5-3-9-16-15(13)14/h2-6,9,12H,7-8,10-11H2,1H3. The lowest BCUT2D eigenvalue weighted by atomic mass is 9.98. The number of fused-ring (bicyclic) bond motifs is 1. The first-order valence-electron chi connectivity index (χ1n) is 6.43. The first-order valence-corrected chi connectivity index (χ1v) is 6.43. The van der Waals surface area contributed by atoms with Gasteiger partial charge in [0.05, 0.1) is 11.2 Å². The summed E-state index contributed by atoms with van der Waals surface area (Å²) in [5.74, 6) is 0.870. The van der Waals surface area contributed by atoms with Gasteiger partial charge in [0.15, 0.2) is 0 Å². The van der Waals surface area contributed by atoms with Crippen molar-refractivity contribution in [2.75, 3.05) is 18.0 Å². The highest BCUT2D eigenvalue weighted by Crippen LogP contribution is 2.28. The normalized spacial score (nSPS) is 17.6. The Morgan fingerprint density at radius 2 is 1.88 bits per heavy atom. The summed E-state index contributed by atoms with van der Waals surface area (Å²) in [4.78, 5) is 7.02. The minimum absolute atomic E-state index is 0.870. The number of anilines is 1. The average molecular weight is 226 g/mol. The van der Waals surface area contributed by atoms with Crippen LogP contribution in [0.5, 0.6) is 0 Å². The Hall–Kier alpha value is -1.57. The Kier molecular flexibility index (Phi) is 2.71. The van der Waals surface area contributed by atoms with Crippen LogP contribution in [-0.2, 0) is 0 Å². The number of rotatable bonds is 1. The van der Waals surface area contributed by atoms with Gasteiger partial charge in [-0.25, -0.2) is 0 Å². The van der Waals surface area contributed by atoms with Gasteiger partial charge in [-0.3, -0.25) is 4.98 Å². The zero-order valence-corrected chi connectivity index (χ0v) is 10.3. The third kappa shape index (κ3) is 1.99. The van der Waals surface area contributed by atoms with E-state index in [0.29, 0.717) is 0 Å². The summed E-state index contributed by atoms with van der Waals surface area (Å²) in [5, 5.41) is 1.24. The molecule has 1 aliphatic rings. The second-order valence-corrected chi connectivity index (χ2v) is 5.02. The van der Waals surface area contributed by atoms with Gasteiger partial charge < -0.3 is 4.90 Å². The molecule has 88 valence electrons. The van der Waals surface area contributed by atoms with Crippen LogP contribution in [0.25, 0.3) is 10.9 Å². The molecule has 1 fully saturated rings. The molecule has 0 atom stereocenters. The van der Waals surface area contributed by atoms with Crippen molar-refractivity contribution in [3.63, 3.8) is 0 Å². The van der Waals surface area contributed by atoms with Crippen LogP contribution in [0.1, 0.15) is 19.8 Å². The van der Waals surface area contributed by atoms with Crippen molar-refractivity contribution in [3.8, 4) is 0 Å². The van der Waals surface area contributed by atoms with Crippen LogP contribution in [0.3, 0.4) is 0 Å². The second kappa shape index (κ2) is 4.36. The fourth-order valence-corrected chi connectivity index (χ4v) is 2.59. The predicted octanol–water partition coefficient (Wildman–Crippen LogP) is 3.47. The summed E-state index contributed by atoms with van der Waals surface area (Å²) in [6.07, 6.45) is 4.48. The van der Waals surface area contributed by atoms with E-state index < -0.39 is 0 Å². The third-order valence-electron chi connectivity index (χ3n) is 3.74. The minimum Gasteiger partial charge on any atom is -0.370 e. The van der Waals surface area contributed by atoms with E-state index in [-0.39, 0.29) is 0 Å². The Bertz CT molecular complexity index is 508. The molecular weight excluding hydrogens is 208 g/mol. The number of aromatic nitrogens is 1. The van der Waals surface area contributed by atoms with E-state index >= 15 is 0 Å². The lowest BCUT2D eigenvalue weighted by Crippen LogP contribution is -2.32. The van der Waals surface area contributed by atoms with Crippen LogP contribution in [0, 0.1) is 5.92 Å². The number of pyridine rings is 1. The first kappa shape index (κ1) is 10.6. The topological polar surface area (TPSA) is 16.1 Å². The monoisotopic (exact) mass is 226 g/mol. The average Bonchev–Trinajstić information content (AvgIpc) is 2.39. The van der Waals surface area contributed by atoms with E-state index in [4.69, 9.17) is 0 Å². The Labute approximate surface area is 102 Å². The first-order chi connectivity index (χ1) is 8.34. The van der Waals surface area contributed by atoms with Gasteiger partial charge >= 0.3 is 0 Å². The number of benzene rings is 1. The molecule has 3 rings (SSSR count). The summed E-state index contributed by atoms with van der Waals surface area (Å²) in [5.41, 5.74) is 2.44. The lowest BCUT2D eigenvalue weighted by Gasteiger charge is -2.32. The Morgan fingerprint density at radius 1 is 1.12 bits per heavy atom. The fraction of sp³-hybridized carbons (Fsp3) is 0.400. The molecule has 1 aromatic carbocycles. The van der Waals surface area contributed by atoms with Crippen LogP contribution in [-0.4, -0.2) is 18.1 Å². The van der Waals surface area contributed by atoms with E-state index in [2.05, 4.69) is 41.1 Å². The quantitative estimate of drug-likeness (QED) is 0.740. The summed E-state index contributed by atoms with van der Waals surface area (Å²) < 4.78 is 0. The maximum absolute atomic E-state index is 4.53. The molecule has 1 aromatic heterocycles. The predicted molar refractivity (Wildman–Crippen MR) is 72.4 cm³/mol. The van der Waals surface area contributed by atoms with Gasteiger partial charge in [-0.1, -0.05) is 25.1 Å². The molecule has 2 heteroatoms. The maximum Gasteiger partial charge on any atom is 0.0935 e. The molecule has 0 saturated carbocycles. The molecule has 1 aliphatic heterocycles. The van der Waals surface area contributed by atoms with Gasteiger partial charge in [-0.15, -0.1) is 0 Å². The van der Waals surface area contributed by atoms with Crippen LogP contribution >= 0.6 is 0 Å². The van der Waals surface area contributed by atoms with Crippen LogP contribution < -0.4 is 4.90 Å². The van der Waals surface area contributed by atoms with E-state index in [1.807, 2.05) is 12.3 Å². The third-order valence-corrected chi connectivity index (χ3v) is 3.74. The molecule has 0 bridgehead atoms. The molecule has 0 radical (unpaired) electrons. The largest absolute Gasteiger partial charge is 0.370 e. The van der Waals surface area contributed by atoms with Crippen molar-refractivity contribution >= 4 is 16.6 Å². The van der Waals surface area contributed by atoms with Gasteiger partial charge in [0, 0.05) is 24.7 Å². The number of para-hydroxylation sites is 1. The molecule has 2 aromatic rings. The number of nitrogens with zero attached hydrogens (tertiary/aromatic N) is 2. The fourth-order valence-electron chi connectivity index (χ4n) is 2.59. The molecule has 2 heterocycles. The summed E-state index contributed by atoms with van der Waals surface area (Å²) in [6.45, 7) is 4.67. The second-order valence-electron chi connectivity index (χ2n) is 5.02. The van der Waals surface area contributed by atoms with E-state index in [9.17, 15) is 0 Å². The molecule has 0 unspecified atom stereocenters. The molecule has 0 N–H and O–H groups in total. The molecular formula is C15H18N2. The highest BCUT2D eigenvalue weighted by molar-refractivity contribution is 5.90. The van der Waals surface area contributed by atoms with Gasteiger partial charge in [-0.2, -0.15) is 0 Å². The zero-order valence-electron chi connectivity index (χ0n) is 10.3. The van der Waals surface area contributed by atoms with Crippen molar-refractivity contribution in [2.24, 2.45) is 5.92 Å². The van der Waals surface area contributed by atoms with Gasteiger partial charge in [-0.05, 0) is 30.9 Å². The van der Waals surface area contributed by atoms with Gasteiger partial charge in [0.1, 0.15) is 0 Å². The van der Waals surface area contributed by atoms with Crippen molar-refractivity contribution in [2.45, 2.75) is 19.8 Å². The summed E-state index contributed by atoms with van der Waals surface area (Å²) in [6, 6.07) is 10.6. The lowest BCUT2D eigenvalue weighted by molar-refractivity contribution is 0.439. The highest BCUT2D eigenvalue weighted by atomic mass is 15.1. The van der Waals surface area contributed by atoms with Gasteiger partial charge in [0.25, 0.3) is 0 Å². The van der Waals surface area contributed by atoms with E-state index in [0.717, 1.165) is 24.5 Å². The Balaban J connectivity index is 2.00. The molecule has 1 saturated heterocycles. The molecule has 17 heavy (non-hydrogen) atoms. The SMILES string of the molecule is CC1CCN(c2cccc3cccnc23)CC1. The number of piperidine rings is 1. The molecule has 0 amide bonds. The van der Waals surface area contributed by atoms with Crippen molar-refractivity contribution < 1.29 is 0 Å². The van der Waals surface area contributed by atoms with Crippen molar-refractivity contribution in [1.29, 1.82) is 0 Å². The minimum atomic E-state index is 0.870. The Morgan fingerprint density at radius 3 is 2.71 bits per heavy atom. The maximum atomic E-state index is 4.53. The van der Waals surface area contributed by atoms with Gasteiger partial charge in [0.2, 0.25) is 0 Å². The molecule has 0 spiro atoms.